The molecule has 186 valence electrons. The number of nitrogens with zero attached hydrogens (tertiary/aromatic N) is 5. The fourth-order valence-electron chi connectivity index (χ4n) is 3.92. The van der Waals surface area contributed by atoms with Crippen LogP contribution < -0.4 is 18.9 Å². The number of hydrogen-bond donors (Lipinski definition) is 0. The smallest absolute Gasteiger partial charge is 0.269 e. The van der Waals surface area contributed by atoms with Gasteiger partial charge < -0.3 is 18.9 Å². The fourth-order valence-corrected chi connectivity index (χ4v) is 3.92. The second-order valence-corrected chi connectivity index (χ2v) is 7.95. The normalized spacial score (nSPS) is 11.6. The molecule has 0 aliphatic heterocycles. The highest BCUT2D eigenvalue weighted by Gasteiger charge is 2.12. The number of methoxy groups -OCH3 is 4. The van der Waals surface area contributed by atoms with Crippen molar-refractivity contribution >= 4 is 40.9 Å². The molecule has 0 fully saturated rings. The number of para-hydroxylation sites is 1. The number of aliphatic imine (C=N–C) groups is 1. The Bertz CT molecular complexity index is 1640. The molecule has 3 aromatic carbocycles. The quantitative estimate of drug-likeness (QED) is 0.272. The van der Waals surface area contributed by atoms with Crippen molar-refractivity contribution in [2.75, 3.05) is 28.4 Å². The minimum atomic E-state index is 0.314. The van der Waals surface area contributed by atoms with Crippen LogP contribution in [0, 0.1) is 0 Å². The van der Waals surface area contributed by atoms with Crippen LogP contribution in [0.2, 0.25) is 0 Å². The summed E-state index contributed by atoms with van der Waals surface area (Å²) in [5.41, 5.74) is 3.22. The molecule has 0 aliphatic carbocycles. The summed E-state index contributed by atoms with van der Waals surface area (Å²) < 4.78 is 23.1. The zero-order valence-electron chi connectivity index (χ0n) is 20.9. The second kappa shape index (κ2) is 10.4. The molecule has 0 amide bonds. The van der Waals surface area contributed by atoms with Gasteiger partial charge >= 0.3 is 0 Å². The predicted molar refractivity (Wildman–Crippen MR) is 144 cm³/mol. The summed E-state index contributed by atoms with van der Waals surface area (Å²) in [6.07, 6.45) is 5.51. The third-order valence-electron chi connectivity index (χ3n) is 5.76. The van der Waals surface area contributed by atoms with Gasteiger partial charge in [0.25, 0.3) is 5.95 Å². The lowest BCUT2D eigenvalue weighted by Gasteiger charge is -2.07. The summed E-state index contributed by atoms with van der Waals surface area (Å²) in [4.78, 5) is 14.0. The van der Waals surface area contributed by atoms with Gasteiger partial charge in [-0.25, -0.2) is 9.98 Å². The zero-order valence-corrected chi connectivity index (χ0v) is 20.9. The van der Waals surface area contributed by atoms with Gasteiger partial charge in [0, 0.05) is 11.6 Å². The molecule has 0 bridgehead atoms. The van der Waals surface area contributed by atoms with Crippen LogP contribution >= 0.6 is 0 Å². The van der Waals surface area contributed by atoms with Gasteiger partial charge in [0.05, 0.1) is 34.0 Å². The van der Waals surface area contributed by atoms with E-state index in [1.165, 1.54) is 0 Å². The molecule has 9 heteroatoms. The molecule has 5 aromatic rings. The summed E-state index contributed by atoms with van der Waals surface area (Å²) in [6, 6.07) is 19.1. The van der Waals surface area contributed by atoms with Crippen molar-refractivity contribution in [3.8, 4) is 23.0 Å². The van der Waals surface area contributed by atoms with Crippen molar-refractivity contribution in [2.24, 2.45) is 4.99 Å². The second-order valence-electron chi connectivity index (χ2n) is 7.95. The molecule has 9 nitrogen and oxygen atoms in total. The van der Waals surface area contributed by atoms with E-state index in [-0.39, 0.29) is 0 Å². The Balaban J connectivity index is 1.55. The Morgan fingerprint density at radius 1 is 0.703 bits per heavy atom. The maximum atomic E-state index is 5.42. The molecule has 0 spiro atoms. The van der Waals surface area contributed by atoms with Gasteiger partial charge in [-0.15, -0.1) is 5.10 Å². The van der Waals surface area contributed by atoms with E-state index in [1.54, 1.807) is 39.2 Å². The molecule has 0 radical (unpaired) electrons. The van der Waals surface area contributed by atoms with Crippen LogP contribution in [0.15, 0.2) is 65.7 Å². The lowest BCUT2D eigenvalue weighted by molar-refractivity contribution is 0.355. The zero-order chi connectivity index (χ0) is 25.8. The van der Waals surface area contributed by atoms with Crippen molar-refractivity contribution in [3.05, 3.63) is 77.6 Å². The molecular weight excluding hydrogens is 470 g/mol. The molecular formula is C28H25N5O4. The van der Waals surface area contributed by atoms with Gasteiger partial charge in [0.2, 0.25) is 0 Å². The molecule has 2 aromatic heterocycles. The van der Waals surface area contributed by atoms with E-state index < -0.39 is 0 Å². The summed E-state index contributed by atoms with van der Waals surface area (Å²) in [5.74, 6) is 3.51. The van der Waals surface area contributed by atoms with E-state index in [0.29, 0.717) is 40.4 Å². The third kappa shape index (κ3) is 4.79. The van der Waals surface area contributed by atoms with Crippen LogP contribution in [0.5, 0.6) is 23.0 Å². The number of ether oxygens (including phenoxy) is 4. The fraction of sp³-hybridized carbons (Fsp3) is 0.143. The SMILES string of the molecule is COc1ccc(C=Cc2nc3ccccc3c3nc(N=Cc4ccc(OC)c(OC)c4)nn23)cc1OC. The first-order chi connectivity index (χ1) is 18.1. The predicted octanol–water partition coefficient (Wildman–Crippen LogP) is 5.23. The molecule has 37 heavy (non-hydrogen) atoms. The first kappa shape index (κ1) is 23.8. The molecule has 5 rings (SSSR count). The number of hydrogen-bond acceptors (Lipinski definition) is 8. The van der Waals surface area contributed by atoms with Crippen LogP contribution in [-0.2, 0) is 0 Å². The molecule has 0 saturated carbocycles. The highest BCUT2D eigenvalue weighted by atomic mass is 16.5. The highest BCUT2D eigenvalue weighted by Crippen LogP contribution is 2.29. The monoisotopic (exact) mass is 495 g/mol. The molecule has 0 aliphatic rings. The van der Waals surface area contributed by atoms with Gasteiger partial charge in [-0.3, -0.25) is 0 Å². The van der Waals surface area contributed by atoms with Crippen LogP contribution in [0.3, 0.4) is 0 Å². The van der Waals surface area contributed by atoms with Crippen LogP contribution in [0.4, 0.5) is 5.95 Å². The van der Waals surface area contributed by atoms with Gasteiger partial charge in [-0.2, -0.15) is 9.50 Å². The Labute approximate surface area is 213 Å². The van der Waals surface area contributed by atoms with E-state index in [0.717, 1.165) is 22.0 Å². The number of aromatic nitrogens is 4. The topological polar surface area (TPSA) is 92.4 Å². The minimum Gasteiger partial charge on any atom is -0.493 e. The molecule has 0 unspecified atom stereocenters. The summed E-state index contributed by atoms with van der Waals surface area (Å²) >= 11 is 0. The highest BCUT2D eigenvalue weighted by molar-refractivity contribution is 5.92. The van der Waals surface area contributed by atoms with Crippen molar-refractivity contribution in [3.63, 3.8) is 0 Å². The Hall–Kier alpha value is -4.92. The number of benzene rings is 3. The number of rotatable bonds is 8. The number of fused-ring (bicyclic) bond motifs is 3. The van der Waals surface area contributed by atoms with Crippen molar-refractivity contribution in [2.45, 2.75) is 0 Å². The van der Waals surface area contributed by atoms with Gasteiger partial charge in [-0.1, -0.05) is 24.3 Å². The third-order valence-corrected chi connectivity index (χ3v) is 5.76. The van der Waals surface area contributed by atoms with Crippen molar-refractivity contribution < 1.29 is 18.9 Å². The maximum Gasteiger partial charge on any atom is 0.269 e. The van der Waals surface area contributed by atoms with E-state index >= 15 is 0 Å². The van der Waals surface area contributed by atoms with Crippen molar-refractivity contribution in [1.82, 2.24) is 19.6 Å². The molecule has 0 saturated heterocycles. The van der Waals surface area contributed by atoms with Gasteiger partial charge in [0.1, 0.15) is 0 Å². The van der Waals surface area contributed by atoms with Gasteiger partial charge in [-0.05, 0) is 59.7 Å². The van der Waals surface area contributed by atoms with Crippen LogP contribution in [-0.4, -0.2) is 54.2 Å². The Kier molecular flexibility index (Phi) is 6.67. The van der Waals surface area contributed by atoms with E-state index in [1.807, 2.05) is 72.8 Å². The summed E-state index contributed by atoms with van der Waals surface area (Å²) in [6.45, 7) is 0. The van der Waals surface area contributed by atoms with Crippen LogP contribution in [0.25, 0.3) is 28.7 Å². The molecule has 2 heterocycles. The first-order valence-corrected chi connectivity index (χ1v) is 11.4. The molecule has 0 atom stereocenters. The summed E-state index contributed by atoms with van der Waals surface area (Å²) in [5, 5.41) is 5.50. The lowest BCUT2D eigenvalue weighted by atomic mass is 10.2. The van der Waals surface area contributed by atoms with E-state index in [9.17, 15) is 0 Å². The Morgan fingerprint density at radius 3 is 2.05 bits per heavy atom. The van der Waals surface area contributed by atoms with E-state index in [4.69, 9.17) is 23.9 Å². The summed E-state index contributed by atoms with van der Waals surface area (Å²) in [7, 11) is 6.41. The minimum absolute atomic E-state index is 0.314. The lowest BCUT2D eigenvalue weighted by Crippen LogP contribution is -1.98. The standard InChI is InChI=1S/C28H25N5O4/c1-34-22-12-9-18(15-24(22)36-3)11-14-26-30-21-8-6-5-7-20(21)27-31-28(32-33(26)27)29-17-19-10-13-23(35-2)25(16-19)37-4/h5-17H,1-4H3. The van der Waals surface area contributed by atoms with Crippen molar-refractivity contribution in [1.29, 1.82) is 0 Å². The van der Waals surface area contributed by atoms with E-state index in [2.05, 4.69) is 15.1 Å². The van der Waals surface area contributed by atoms with Gasteiger partial charge in [0.15, 0.2) is 34.5 Å². The Morgan fingerprint density at radius 2 is 1.35 bits per heavy atom. The maximum absolute atomic E-state index is 5.42. The average molecular weight is 496 g/mol. The van der Waals surface area contributed by atoms with Crippen LogP contribution in [0.1, 0.15) is 17.0 Å². The largest absolute Gasteiger partial charge is 0.493 e. The first-order valence-electron chi connectivity index (χ1n) is 11.4. The molecule has 0 N–H and O–H groups in total. The average Bonchev–Trinajstić information content (AvgIpc) is 3.39.